The van der Waals surface area contributed by atoms with Gasteiger partial charge >= 0.3 is 117 Å². The second-order valence-electron chi connectivity index (χ2n) is 3.12. The fraction of sp³-hybridized carbons (Fsp3) is 0.273. The number of halogens is 2. The molecule has 6 heteroatoms. The summed E-state index contributed by atoms with van der Waals surface area (Å²) in [5.74, 6) is -0.860. The van der Waals surface area contributed by atoms with Crippen LogP contribution in [0.15, 0.2) is 24.3 Å². The van der Waals surface area contributed by atoms with Gasteiger partial charge in [0.25, 0.3) is 0 Å². The van der Waals surface area contributed by atoms with E-state index >= 15 is 0 Å². The van der Waals surface area contributed by atoms with E-state index in [1.165, 1.54) is 13.8 Å². The Balaban J connectivity index is 2.94. The molecule has 94 valence electrons. The maximum absolute atomic E-state index is 11.0. The molecular weight excluding hydrogens is 403 g/mol. The number of rotatable bonds is 4. The van der Waals surface area contributed by atoms with Gasteiger partial charge in [-0.15, -0.1) is 0 Å². The average Bonchev–Trinajstić information content (AvgIpc) is 2.27. The fourth-order valence-corrected chi connectivity index (χ4v) is 4.25. The summed E-state index contributed by atoms with van der Waals surface area (Å²) >= 11 is 0.684. The summed E-state index contributed by atoms with van der Waals surface area (Å²) in [4.78, 5) is 22.0. The molecule has 0 radical (unpaired) electrons. The van der Waals surface area contributed by atoms with Crippen LogP contribution in [-0.2, 0) is 21.1 Å². The quantitative estimate of drug-likeness (QED) is 0.560. The first kappa shape index (κ1) is 14.4. The number of alkyl halides is 1. The number of hydrogen-bond acceptors (Lipinski definition) is 4. The van der Waals surface area contributed by atoms with Crippen LogP contribution in [0.25, 0.3) is 0 Å². The second-order valence-corrected chi connectivity index (χ2v) is 7.05. The third-order valence-corrected chi connectivity index (χ3v) is 5.95. The maximum atomic E-state index is 11.0. The van der Waals surface area contributed by atoms with Crippen LogP contribution >= 0.6 is 36.6 Å². The molecule has 0 atom stereocenters. The van der Waals surface area contributed by atoms with E-state index in [9.17, 15) is 9.59 Å². The molecule has 0 unspecified atom stereocenters. The first-order chi connectivity index (χ1) is 8.02. The van der Waals surface area contributed by atoms with Gasteiger partial charge in [0.1, 0.15) is 0 Å². The predicted octanol–water partition coefficient (Wildman–Crippen LogP) is 3.21. The first-order valence-electron chi connectivity index (χ1n) is 4.76. The van der Waals surface area contributed by atoms with E-state index in [-0.39, 0.29) is 0 Å². The Labute approximate surface area is 116 Å². The molecular formula is C11H12BrIO4. The summed E-state index contributed by atoms with van der Waals surface area (Å²) in [7, 11) is 0. The third-order valence-electron chi connectivity index (χ3n) is 1.58. The standard InChI is InChI=1S/C11H12BrIO4/c1-8(14)16-13(17-9(2)15)11-5-3-4-10(6-11)7-12/h3-6H,7H2,1-2H3. The van der Waals surface area contributed by atoms with Crippen LogP contribution in [0, 0.1) is 3.57 Å². The normalized spacial score (nSPS) is 10.6. The van der Waals surface area contributed by atoms with Crippen LogP contribution in [0.1, 0.15) is 19.4 Å². The SMILES string of the molecule is CC(=O)OI(OC(C)=O)c1cccc(CBr)c1. The summed E-state index contributed by atoms with van der Waals surface area (Å²) in [6.45, 7) is 2.62. The van der Waals surface area contributed by atoms with E-state index < -0.39 is 32.6 Å². The summed E-state index contributed by atoms with van der Waals surface area (Å²) in [6.07, 6.45) is 0. The van der Waals surface area contributed by atoms with E-state index in [0.29, 0.717) is 5.33 Å². The molecule has 0 saturated heterocycles. The van der Waals surface area contributed by atoms with Gasteiger partial charge in [-0.25, -0.2) is 0 Å². The van der Waals surface area contributed by atoms with Crippen molar-refractivity contribution in [2.75, 3.05) is 0 Å². The van der Waals surface area contributed by atoms with Gasteiger partial charge in [0, 0.05) is 0 Å². The average molecular weight is 415 g/mol. The molecule has 0 amide bonds. The molecule has 0 fully saturated rings. The molecule has 1 aromatic rings. The van der Waals surface area contributed by atoms with Gasteiger partial charge in [0.05, 0.1) is 0 Å². The molecule has 0 aliphatic carbocycles. The molecule has 1 rings (SSSR count). The zero-order valence-corrected chi connectivity index (χ0v) is 13.1. The number of hydrogen-bond donors (Lipinski definition) is 0. The summed E-state index contributed by atoms with van der Waals surface area (Å²) in [5, 5.41) is 0.699. The minimum absolute atomic E-state index is 0.430. The molecule has 1 aromatic carbocycles. The molecule has 0 heterocycles. The Morgan fingerprint density at radius 1 is 1.24 bits per heavy atom. The van der Waals surface area contributed by atoms with Crippen LogP contribution in [0.2, 0.25) is 0 Å². The zero-order chi connectivity index (χ0) is 12.8. The van der Waals surface area contributed by atoms with Gasteiger partial charge in [-0.1, -0.05) is 0 Å². The van der Waals surface area contributed by atoms with Crippen LogP contribution in [0.5, 0.6) is 0 Å². The summed E-state index contributed by atoms with van der Waals surface area (Å²) in [5.41, 5.74) is 1.05. The van der Waals surface area contributed by atoms with E-state index in [1.807, 2.05) is 24.3 Å². The van der Waals surface area contributed by atoms with Gasteiger partial charge in [-0.2, -0.15) is 0 Å². The van der Waals surface area contributed by atoms with Crippen molar-refractivity contribution in [1.82, 2.24) is 0 Å². The molecule has 17 heavy (non-hydrogen) atoms. The van der Waals surface area contributed by atoms with E-state index in [1.54, 1.807) is 0 Å². The predicted molar refractivity (Wildman–Crippen MR) is 75.3 cm³/mol. The number of carbonyl (C=O) groups is 2. The van der Waals surface area contributed by atoms with Crippen LogP contribution < -0.4 is 0 Å². The van der Waals surface area contributed by atoms with Crippen molar-refractivity contribution in [3.63, 3.8) is 0 Å². The van der Waals surface area contributed by atoms with Crippen LogP contribution in [0.4, 0.5) is 0 Å². The second kappa shape index (κ2) is 6.95. The van der Waals surface area contributed by atoms with Gasteiger partial charge in [0.15, 0.2) is 0 Å². The van der Waals surface area contributed by atoms with Gasteiger partial charge in [0.2, 0.25) is 0 Å². The molecule has 0 bridgehead atoms. The van der Waals surface area contributed by atoms with Crippen molar-refractivity contribution in [1.29, 1.82) is 0 Å². The van der Waals surface area contributed by atoms with Gasteiger partial charge in [-0.3, -0.25) is 0 Å². The summed E-state index contributed by atoms with van der Waals surface area (Å²) < 4.78 is 11.0. The Hall–Kier alpha value is -0.630. The third kappa shape index (κ3) is 5.03. The monoisotopic (exact) mass is 414 g/mol. The van der Waals surface area contributed by atoms with Crippen molar-refractivity contribution < 1.29 is 15.7 Å². The van der Waals surface area contributed by atoms with E-state index in [2.05, 4.69) is 15.9 Å². The van der Waals surface area contributed by atoms with Crippen molar-refractivity contribution in [3.05, 3.63) is 33.4 Å². The van der Waals surface area contributed by atoms with Crippen molar-refractivity contribution in [2.45, 2.75) is 19.2 Å². The number of benzene rings is 1. The molecule has 0 aliphatic rings. The molecule has 0 N–H and O–H groups in total. The minimum atomic E-state index is -2.66. The van der Waals surface area contributed by atoms with E-state index in [4.69, 9.17) is 6.13 Å². The van der Waals surface area contributed by atoms with Crippen molar-refractivity contribution >= 4 is 48.5 Å². The first-order valence-corrected chi connectivity index (χ1v) is 8.72. The van der Waals surface area contributed by atoms with E-state index in [0.717, 1.165) is 9.13 Å². The van der Waals surface area contributed by atoms with Gasteiger partial charge < -0.3 is 0 Å². The zero-order valence-electron chi connectivity index (χ0n) is 9.41. The molecule has 0 aliphatic heterocycles. The molecule has 0 spiro atoms. The molecule has 0 saturated carbocycles. The fourth-order valence-electron chi connectivity index (χ4n) is 1.02. The Morgan fingerprint density at radius 3 is 2.29 bits per heavy atom. The van der Waals surface area contributed by atoms with Crippen LogP contribution in [0.3, 0.4) is 0 Å². The Kier molecular flexibility index (Phi) is 5.90. The van der Waals surface area contributed by atoms with Gasteiger partial charge in [-0.05, 0) is 0 Å². The summed E-state index contributed by atoms with van der Waals surface area (Å²) in [6, 6.07) is 7.48. The Bertz CT molecular complexity index is 406. The molecule has 4 nitrogen and oxygen atoms in total. The number of carbonyl (C=O) groups excluding carboxylic acids is 2. The Morgan fingerprint density at radius 2 is 1.82 bits per heavy atom. The van der Waals surface area contributed by atoms with Crippen molar-refractivity contribution in [2.24, 2.45) is 0 Å². The topological polar surface area (TPSA) is 52.6 Å². The molecule has 0 aromatic heterocycles. The van der Waals surface area contributed by atoms with Crippen molar-refractivity contribution in [3.8, 4) is 0 Å². The van der Waals surface area contributed by atoms with Crippen LogP contribution in [-0.4, -0.2) is 11.9 Å².